The van der Waals surface area contributed by atoms with Crippen LogP contribution < -0.4 is 0 Å². The van der Waals surface area contributed by atoms with Gasteiger partial charge in [-0.15, -0.1) is 0 Å². The summed E-state index contributed by atoms with van der Waals surface area (Å²) in [5.41, 5.74) is -3.96. The molecule has 0 amide bonds. The molecule has 2 saturated carbocycles. The van der Waals surface area contributed by atoms with Crippen molar-refractivity contribution in [2.45, 2.75) is 68.9 Å². The maximum absolute atomic E-state index is 12.9. The number of hydrogen-bond donors (Lipinski definition) is 1. The first-order chi connectivity index (χ1) is 13.7. The molecule has 3 saturated heterocycles. The van der Waals surface area contributed by atoms with E-state index in [0.717, 1.165) is 6.26 Å². The number of cyclic esters (lactones) is 1. The summed E-state index contributed by atoms with van der Waals surface area (Å²) in [6, 6.07) is 0. The van der Waals surface area contributed by atoms with Crippen molar-refractivity contribution in [2.75, 3.05) is 12.0 Å². The van der Waals surface area contributed by atoms with Crippen molar-refractivity contribution in [3.8, 4) is 0 Å². The number of fused-ring (bicyclic) bond motifs is 4. The zero-order valence-electron chi connectivity index (χ0n) is 17.1. The summed E-state index contributed by atoms with van der Waals surface area (Å²) < 4.78 is 47.2. The Balaban J connectivity index is 1.51. The van der Waals surface area contributed by atoms with E-state index in [9.17, 15) is 23.1 Å². The molecule has 6 aliphatic rings. The number of rotatable bonds is 3. The molecular weight excluding hydrogens is 416 g/mol. The molecular formula is C20H24O9S. The predicted molar refractivity (Wildman–Crippen MR) is 98.8 cm³/mol. The quantitative estimate of drug-likeness (QED) is 0.456. The van der Waals surface area contributed by atoms with E-state index < -0.39 is 61.9 Å². The first-order valence-corrected chi connectivity index (χ1v) is 12.2. The zero-order valence-corrected chi connectivity index (χ0v) is 17.9. The zero-order chi connectivity index (χ0) is 21.6. The molecule has 4 aliphatic heterocycles. The van der Waals surface area contributed by atoms with Gasteiger partial charge in [-0.05, 0) is 25.8 Å². The summed E-state index contributed by atoms with van der Waals surface area (Å²) in [6.07, 6.45) is 0.231. The lowest BCUT2D eigenvalue weighted by Gasteiger charge is -2.53. The van der Waals surface area contributed by atoms with E-state index in [4.69, 9.17) is 18.9 Å². The van der Waals surface area contributed by atoms with Crippen LogP contribution in [-0.2, 0) is 38.4 Å². The van der Waals surface area contributed by atoms with Gasteiger partial charge in [-0.2, -0.15) is 0 Å². The average Bonchev–Trinajstić information content (AvgIpc) is 3.47. The second-order valence-corrected chi connectivity index (χ2v) is 12.6. The van der Waals surface area contributed by atoms with Gasteiger partial charge in [0.2, 0.25) is 0 Å². The van der Waals surface area contributed by atoms with Crippen LogP contribution in [0.15, 0.2) is 11.6 Å². The van der Waals surface area contributed by atoms with Crippen LogP contribution in [0.2, 0.25) is 0 Å². The van der Waals surface area contributed by atoms with E-state index >= 15 is 0 Å². The van der Waals surface area contributed by atoms with Crippen molar-refractivity contribution >= 4 is 21.8 Å². The second kappa shape index (κ2) is 4.95. The summed E-state index contributed by atoms with van der Waals surface area (Å²) in [7, 11) is -3.59. The normalized spacial score (nSPS) is 54.4. The highest BCUT2D eigenvalue weighted by Crippen LogP contribution is 2.75. The molecule has 10 heteroatoms. The molecule has 0 aromatic carbocycles. The molecule has 4 heterocycles. The Bertz CT molecular complexity index is 1050. The third-order valence-electron chi connectivity index (χ3n) is 8.17. The molecule has 164 valence electrons. The van der Waals surface area contributed by atoms with Crippen molar-refractivity contribution in [3.05, 3.63) is 11.6 Å². The number of carbonyl (C=O) groups excluding carboxylic acids is 2. The monoisotopic (exact) mass is 440 g/mol. The Morgan fingerprint density at radius 2 is 1.93 bits per heavy atom. The van der Waals surface area contributed by atoms with Gasteiger partial charge in [0.15, 0.2) is 11.7 Å². The van der Waals surface area contributed by atoms with Crippen molar-refractivity contribution < 1.29 is 42.1 Å². The van der Waals surface area contributed by atoms with Crippen LogP contribution >= 0.6 is 0 Å². The molecule has 5 fully saturated rings. The number of esters is 2. The van der Waals surface area contributed by atoms with Crippen LogP contribution in [0.1, 0.15) is 27.2 Å². The number of ether oxygens (including phenoxy) is 4. The summed E-state index contributed by atoms with van der Waals surface area (Å²) >= 11 is 0. The number of epoxide rings is 2. The van der Waals surface area contributed by atoms with Crippen LogP contribution in [0.3, 0.4) is 0 Å². The maximum Gasteiger partial charge on any atom is 0.331 e. The van der Waals surface area contributed by atoms with E-state index in [1.54, 1.807) is 0 Å². The van der Waals surface area contributed by atoms with Gasteiger partial charge < -0.3 is 24.1 Å². The number of carbonyl (C=O) groups is 2. The van der Waals surface area contributed by atoms with Gasteiger partial charge >= 0.3 is 11.9 Å². The topological polar surface area (TPSA) is 132 Å². The minimum atomic E-state index is -3.59. The lowest BCUT2D eigenvalue weighted by molar-refractivity contribution is -0.168. The van der Waals surface area contributed by atoms with Gasteiger partial charge in [0.05, 0.1) is 11.9 Å². The van der Waals surface area contributed by atoms with Gasteiger partial charge in [0.25, 0.3) is 0 Å². The molecule has 10 atom stereocenters. The van der Waals surface area contributed by atoms with E-state index in [2.05, 4.69) is 0 Å². The molecule has 0 radical (unpaired) electrons. The SMILES string of the molecule is C[C@@]12C(=O)O[C@H]3C1[C@](C)(C[C@@H]1OC12)C1=CC(=O)O[C@H]([C@@](C)(O)CS(C)(=O)=O)[C@]12O[C@H]32. The van der Waals surface area contributed by atoms with Gasteiger partial charge in [-0.3, -0.25) is 4.79 Å². The minimum Gasteiger partial charge on any atom is -0.459 e. The fourth-order valence-corrected chi connectivity index (χ4v) is 8.53. The van der Waals surface area contributed by atoms with Crippen molar-refractivity contribution in [3.63, 3.8) is 0 Å². The summed E-state index contributed by atoms with van der Waals surface area (Å²) in [4.78, 5) is 25.5. The molecule has 2 aliphatic carbocycles. The number of hydrogen-bond acceptors (Lipinski definition) is 9. The minimum absolute atomic E-state index is 0.122. The van der Waals surface area contributed by atoms with E-state index in [1.165, 1.54) is 13.0 Å². The number of sulfone groups is 1. The van der Waals surface area contributed by atoms with Gasteiger partial charge in [-0.1, -0.05) is 6.92 Å². The second-order valence-electron chi connectivity index (χ2n) is 10.5. The highest BCUT2D eigenvalue weighted by molar-refractivity contribution is 7.90. The Morgan fingerprint density at radius 3 is 2.60 bits per heavy atom. The highest BCUT2D eigenvalue weighted by atomic mass is 32.2. The Kier molecular flexibility index (Phi) is 3.17. The Morgan fingerprint density at radius 1 is 1.23 bits per heavy atom. The van der Waals surface area contributed by atoms with E-state index in [1.807, 2.05) is 13.8 Å². The lowest BCUT2D eigenvalue weighted by Crippen LogP contribution is -2.65. The van der Waals surface area contributed by atoms with Crippen LogP contribution in [0.5, 0.6) is 0 Å². The van der Waals surface area contributed by atoms with Crippen LogP contribution in [0.25, 0.3) is 0 Å². The largest absolute Gasteiger partial charge is 0.459 e. The lowest BCUT2D eigenvalue weighted by atomic mass is 9.47. The molecule has 30 heavy (non-hydrogen) atoms. The smallest absolute Gasteiger partial charge is 0.331 e. The molecule has 2 unspecified atom stereocenters. The maximum atomic E-state index is 12.9. The molecule has 0 bridgehead atoms. The van der Waals surface area contributed by atoms with Gasteiger partial charge in [-0.25, -0.2) is 13.2 Å². The highest BCUT2D eigenvalue weighted by Gasteiger charge is 2.87. The standard InChI is InChI=1S/C20H24O9S/c1-17-6-8-13(26-8)19(3)12(17)11(28-16(19)22)14-20(29-14)9(17)5-10(21)27-15(20)18(2,23)7-30(4,24)25/h5,8,11-15,23H,6-7H2,1-4H3/t8-,11-,12?,13?,14+,15+,17+,18-,19+,20-/m0/s1. The first-order valence-electron chi connectivity index (χ1n) is 10.1. The molecule has 6 rings (SSSR count). The molecule has 0 aromatic rings. The van der Waals surface area contributed by atoms with E-state index in [-0.39, 0.29) is 24.1 Å². The average molecular weight is 440 g/mol. The van der Waals surface area contributed by atoms with Gasteiger partial charge in [0, 0.05) is 23.7 Å². The molecule has 9 nitrogen and oxygen atoms in total. The predicted octanol–water partition coefficient (Wildman–Crippen LogP) is -0.490. The van der Waals surface area contributed by atoms with Crippen molar-refractivity contribution in [1.29, 1.82) is 0 Å². The fraction of sp³-hybridized carbons (Fsp3) is 0.800. The third-order valence-corrected chi connectivity index (χ3v) is 9.28. The summed E-state index contributed by atoms with van der Waals surface area (Å²) in [5, 5.41) is 11.1. The Hall–Kier alpha value is -1.49. The van der Waals surface area contributed by atoms with E-state index in [0.29, 0.717) is 12.0 Å². The van der Waals surface area contributed by atoms with Crippen LogP contribution in [-0.4, -0.2) is 79.2 Å². The summed E-state index contributed by atoms with van der Waals surface area (Å²) in [6.45, 7) is 5.17. The van der Waals surface area contributed by atoms with Crippen molar-refractivity contribution in [2.24, 2.45) is 16.7 Å². The van der Waals surface area contributed by atoms with Crippen LogP contribution in [0, 0.1) is 16.7 Å². The Labute approximate surface area is 173 Å². The molecule has 0 aromatic heterocycles. The summed E-state index contributed by atoms with van der Waals surface area (Å²) in [5.74, 6) is -1.85. The fourth-order valence-electron chi connectivity index (χ4n) is 7.32. The van der Waals surface area contributed by atoms with Gasteiger partial charge in [0.1, 0.15) is 39.2 Å². The van der Waals surface area contributed by atoms with Crippen LogP contribution in [0.4, 0.5) is 0 Å². The first kappa shape index (κ1) is 19.2. The van der Waals surface area contributed by atoms with Crippen molar-refractivity contribution in [1.82, 2.24) is 0 Å². The molecule has 1 spiro atoms. The third kappa shape index (κ3) is 2.02. The number of aliphatic hydroxyl groups is 1. The molecule has 1 N–H and O–H groups in total.